The van der Waals surface area contributed by atoms with Crippen molar-refractivity contribution in [2.45, 2.75) is 39.3 Å². The first-order valence-electron chi connectivity index (χ1n) is 6.39. The molecule has 0 fully saturated rings. The summed E-state index contributed by atoms with van der Waals surface area (Å²) in [5.41, 5.74) is 7.68. The number of benzene rings is 1. The zero-order valence-electron chi connectivity index (χ0n) is 11.2. The lowest BCUT2D eigenvalue weighted by Gasteiger charge is -2.32. The lowest BCUT2D eigenvalue weighted by molar-refractivity contribution is 0.263. The summed E-state index contributed by atoms with van der Waals surface area (Å²) in [6.45, 7) is 6.70. The van der Waals surface area contributed by atoms with Crippen LogP contribution < -0.4 is 5.73 Å². The Hall–Kier alpha value is -1.58. The van der Waals surface area contributed by atoms with Crippen LogP contribution in [0.15, 0.2) is 23.2 Å². The van der Waals surface area contributed by atoms with Gasteiger partial charge in [-0.1, -0.05) is 24.6 Å². The molecule has 1 aromatic rings. The normalized spacial score (nSPS) is 21.0. The molecule has 1 aliphatic rings. The molecule has 4 heteroatoms. The van der Waals surface area contributed by atoms with Crippen molar-refractivity contribution >= 4 is 5.96 Å². The van der Waals surface area contributed by atoms with Crippen LogP contribution in [0.3, 0.4) is 0 Å². The van der Waals surface area contributed by atoms with Crippen molar-refractivity contribution in [2.24, 2.45) is 10.7 Å². The van der Waals surface area contributed by atoms with Gasteiger partial charge >= 0.3 is 0 Å². The SMILES string of the molecule is CCC(C)N1C(N)=NCC1c1cc(C)ccc1F. The highest BCUT2D eigenvalue weighted by atomic mass is 19.1. The highest BCUT2D eigenvalue weighted by Gasteiger charge is 2.32. The van der Waals surface area contributed by atoms with Crippen LogP contribution in [-0.4, -0.2) is 23.4 Å². The predicted molar refractivity (Wildman–Crippen MR) is 72.0 cm³/mol. The quantitative estimate of drug-likeness (QED) is 0.894. The van der Waals surface area contributed by atoms with Gasteiger partial charge in [-0.15, -0.1) is 0 Å². The molecule has 1 aliphatic heterocycles. The third-order valence-corrected chi connectivity index (χ3v) is 3.60. The van der Waals surface area contributed by atoms with E-state index >= 15 is 0 Å². The lowest BCUT2D eigenvalue weighted by atomic mass is 10.0. The molecule has 98 valence electrons. The summed E-state index contributed by atoms with van der Waals surface area (Å²) in [4.78, 5) is 6.29. The predicted octanol–water partition coefficient (Wildman–Crippen LogP) is 2.60. The van der Waals surface area contributed by atoms with Crippen LogP contribution in [0.2, 0.25) is 0 Å². The maximum Gasteiger partial charge on any atom is 0.192 e. The van der Waals surface area contributed by atoms with E-state index in [1.807, 2.05) is 17.9 Å². The summed E-state index contributed by atoms with van der Waals surface area (Å²) < 4.78 is 14.0. The van der Waals surface area contributed by atoms with Crippen molar-refractivity contribution in [3.63, 3.8) is 0 Å². The molecule has 2 N–H and O–H groups in total. The zero-order valence-corrected chi connectivity index (χ0v) is 11.2. The molecule has 0 saturated heterocycles. The first-order chi connectivity index (χ1) is 8.54. The minimum atomic E-state index is -0.177. The molecule has 1 aromatic carbocycles. The molecule has 0 spiro atoms. The van der Waals surface area contributed by atoms with Gasteiger partial charge in [0.1, 0.15) is 5.82 Å². The van der Waals surface area contributed by atoms with Crippen molar-refractivity contribution in [1.29, 1.82) is 0 Å². The molecule has 0 aromatic heterocycles. The number of rotatable bonds is 3. The Bertz CT molecular complexity index is 470. The van der Waals surface area contributed by atoms with Gasteiger partial charge in [-0.25, -0.2) is 4.39 Å². The summed E-state index contributed by atoms with van der Waals surface area (Å²) in [7, 11) is 0. The molecule has 0 amide bonds. The van der Waals surface area contributed by atoms with Gasteiger partial charge < -0.3 is 10.6 Å². The van der Waals surface area contributed by atoms with Crippen LogP contribution in [0.5, 0.6) is 0 Å². The molecule has 1 heterocycles. The Labute approximate surface area is 108 Å². The highest BCUT2D eigenvalue weighted by molar-refractivity contribution is 5.80. The van der Waals surface area contributed by atoms with Crippen molar-refractivity contribution < 1.29 is 4.39 Å². The van der Waals surface area contributed by atoms with Crippen molar-refractivity contribution in [3.8, 4) is 0 Å². The van der Waals surface area contributed by atoms with Crippen LogP contribution in [0, 0.1) is 12.7 Å². The lowest BCUT2D eigenvalue weighted by Crippen LogP contribution is -2.42. The molecule has 18 heavy (non-hydrogen) atoms. The van der Waals surface area contributed by atoms with E-state index in [0.29, 0.717) is 18.1 Å². The van der Waals surface area contributed by atoms with E-state index < -0.39 is 0 Å². The molecule has 2 rings (SSSR count). The number of hydrogen-bond acceptors (Lipinski definition) is 3. The minimum Gasteiger partial charge on any atom is -0.370 e. The van der Waals surface area contributed by atoms with Crippen LogP contribution in [0.4, 0.5) is 4.39 Å². The van der Waals surface area contributed by atoms with E-state index in [0.717, 1.165) is 12.0 Å². The van der Waals surface area contributed by atoms with Gasteiger partial charge in [0.05, 0.1) is 12.6 Å². The van der Waals surface area contributed by atoms with Gasteiger partial charge in [0, 0.05) is 11.6 Å². The fourth-order valence-corrected chi connectivity index (χ4v) is 2.41. The molecule has 3 nitrogen and oxygen atoms in total. The average Bonchev–Trinajstić information content (AvgIpc) is 2.73. The molecular weight excluding hydrogens is 229 g/mol. The molecule has 2 atom stereocenters. The summed E-state index contributed by atoms with van der Waals surface area (Å²) in [6, 6.07) is 5.39. The summed E-state index contributed by atoms with van der Waals surface area (Å²) >= 11 is 0. The second-order valence-electron chi connectivity index (χ2n) is 4.90. The minimum absolute atomic E-state index is 0.0696. The fraction of sp³-hybridized carbons (Fsp3) is 0.500. The first kappa shape index (κ1) is 12.9. The molecule has 2 unspecified atom stereocenters. The molecular formula is C14H20FN3. The second kappa shape index (κ2) is 4.96. The van der Waals surface area contributed by atoms with E-state index in [-0.39, 0.29) is 17.9 Å². The Balaban J connectivity index is 2.36. The van der Waals surface area contributed by atoms with E-state index in [1.54, 1.807) is 6.07 Å². The van der Waals surface area contributed by atoms with Gasteiger partial charge in [0.2, 0.25) is 0 Å². The van der Waals surface area contributed by atoms with E-state index in [9.17, 15) is 4.39 Å². The van der Waals surface area contributed by atoms with Gasteiger partial charge in [0.15, 0.2) is 5.96 Å². The molecule has 0 aliphatic carbocycles. The van der Waals surface area contributed by atoms with Crippen LogP contribution in [0.25, 0.3) is 0 Å². The van der Waals surface area contributed by atoms with Crippen molar-refractivity contribution in [3.05, 3.63) is 35.1 Å². The second-order valence-corrected chi connectivity index (χ2v) is 4.90. The fourth-order valence-electron chi connectivity index (χ4n) is 2.41. The standard InChI is InChI=1S/C14H20FN3/c1-4-10(3)18-13(8-17-14(18)16)11-7-9(2)5-6-12(11)15/h5-7,10,13H,4,8H2,1-3H3,(H2,16,17). The number of aliphatic imine (C=N–C) groups is 1. The zero-order chi connectivity index (χ0) is 13.3. The van der Waals surface area contributed by atoms with Crippen LogP contribution in [-0.2, 0) is 0 Å². The smallest absolute Gasteiger partial charge is 0.192 e. The van der Waals surface area contributed by atoms with Crippen LogP contribution in [0.1, 0.15) is 37.4 Å². The van der Waals surface area contributed by atoms with Gasteiger partial charge in [-0.3, -0.25) is 4.99 Å². The Morgan fingerprint density at radius 3 is 2.94 bits per heavy atom. The Morgan fingerprint density at radius 2 is 2.28 bits per heavy atom. The molecule has 0 bridgehead atoms. The Kier molecular flexibility index (Phi) is 3.55. The largest absolute Gasteiger partial charge is 0.370 e. The van der Waals surface area contributed by atoms with E-state index in [1.165, 1.54) is 6.07 Å². The number of halogens is 1. The van der Waals surface area contributed by atoms with E-state index in [2.05, 4.69) is 18.8 Å². The number of aryl methyl sites for hydroxylation is 1. The van der Waals surface area contributed by atoms with Crippen molar-refractivity contribution in [1.82, 2.24) is 4.90 Å². The van der Waals surface area contributed by atoms with Crippen LogP contribution >= 0.6 is 0 Å². The Morgan fingerprint density at radius 1 is 1.56 bits per heavy atom. The summed E-state index contributed by atoms with van der Waals surface area (Å²) in [6.07, 6.45) is 0.958. The topological polar surface area (TPSA) is 41.6 Å². The number of guanidine groups is 1. The third kappa shape index (κ3) is 2.19. The first-order valence-corrected chi connectivity index (χ1v) is 6.39. The maximum atomic E-state index is 14.0. The van der Waals surface area contributed by atoms with Gasteiger partial charge in [-0.05, 0) is 26.3 Å². The average molecular weight is 249 g/mol. The van der Waals surface area contributed by atoms with Gasteiger partial charge in [-0.2, -0.15) is 0 Å². The number of nitrogens with zero attached hydrogens (tertiary/aromatic N) is 2. The number of hydrogen-bond donors (Lipinski definition) is 1. The van der Waals surface area contributed by atoms with Gasteiger partial charge in [0.25, 0.3) is 0 Å². The highest BCUT2D eigenvalue weighted by Crippen LogP contribution is 2.30. The maximum absolute atomic E-state index is 14.0. The monoisotopic (exact) mass is 249 g/mol. The van der Waals surface area contributed by atoms with E-state index in [4.69, 9.17) is 5.73 Å². The number of nitrogens with two attached hydrogens (primary N) is 1. The van der Waals surface area contributed by atoms with Crippen molar-refractivity contribution in [2.75, 3.05) is 6.54 Å². The summed E-state index contributed by atoms with van der Waals surface area (Å²) in [5, 5.41) is 0. The third-order valence-electron chi connectivity index (χ3n) is 3.60. The molecule has 0 saturated carbocycles. The summed E-state index contributed by atoms with van der Waals surface area (Å²) in [5.74, 6) is 0.346. The molecule has 0 radical (unpaired) electrons.